The first-order chi connectivity index (χ1) is 18.0. The second kappa shape index (κ2) is 9.83. The highest BCUT2D eigenvalue weighted by Crippen LogP contribution is 2.65. The van der Waals surface area contributed by atoms with Crippen LogP contribution < -0.4 is 16.4 Å². The van der Waals surface area contributed by atoms with E-state index >= 15 is 0 Å². The van der Waals surface area contributed by atoms with Crippen molar-refractivity contribution in [2.75, 3.05) is 0 Å². The van der Waals surface area contributed by atoms with E-state index in [1.54, 1.807) is 6.20 Å². The maximum Gasteiger partial charge on any atom is 0.481 e. The molecule has 2 amide bonds. The maximum absolute atomic E-state index is 14.1. The molecule has 1 saturated heterocycles. The van der Waals surface area contributed by atoms with E-state index < -0.39 is 24.5 Å². The van der Waals surface area contributed by atoms with Crippen molar-refractivity contribution >= 4 is 25.1 Å². The fraction of sp³-hybridized carbons (Fsp3) is 0.621. The van der Waals surface area contributed by atoms with Gasteiger partial charge in [-0.05, 0) is 61.3 Å². The van der Waals surface area contributed by atoms with E-state index in [0.29, 0.717) is 30.6 Å². The average molecular weight is 520 g/mol. The molecule has 0 spiro atoms. The number of aliphatic imine (C=N–C) groups is 1. The molecule has 6 rings (SSSR count). The van der Waals surface area contributed by atoms with Crippen molar-refractivity contribution in [3.8, 4) is 0 Å². The quantitative estimate of drug-likeness (QED) is 0.433. The van der Waals surface area contributed by atoms with Crippen molar-refractivity contribution in [3.63, 3.8) is 0 Å². The van der Waals surface area contributed by atoms with E-state index in [0.717, 1.165) is 18.4 Å². The van der Waals surface area contributed by atoms with Crippen LogP contribution in [0.2, 0.25) is 0 Å². The van der Waals surface area contributed by atoms with Gasteiger partial charge in [-0.3, -0.25) is 14.6 Å². The van der Waals surface area contributed by atoms with Crippen molar-refractivity contribution in [2.45, 2.75) is 83.5 Å². The molecular formula is C29H41BN4O4. The normalized spacial score (nSPS) is 34.2. The zero-order valence-electron chi connectivity index (χ0n) is 23.1. The lowest BCUT2D eigenvalue weighted by Gasteiger charge is -2.64. The number of rotatable bonds is 9. The molecule has 1 aromatic rings. The molecule has 2 bridgehead atoms. The van der Waals surface area contributed by atoms with Crippen molar-refractivity contribution in [1.29, 1.82) is 0 Å². The number of carbonyl (C=O) groups is 2. The van der Waals surface area contributed by atoms with Gasteiger partial charge in [-0.2, -0.15) is 0 Å². The molecule has 4 fully saturated rings. The first-order valence-corrected chi connectivity index (χ1v) is 13.9. The summed E-state index contributed by atoms with van der Waals surface area (Å²) in [5.74, 6) is -0.788. The predicted molar refractivity (Wildman–Crippen MR) is 148 cm³/mol. The van der Waals surface area contributed by atoms with E-state index in [-0.39, 0.29) is 29.0 Å². The molecule has 5 aliphatic rings. The third-order valence-corrected chi connectivity index (χ3v) is 9.67. The molecule has 1 aromatic carbocycles. The third-order valence-electron chi connectivity index (χ3n) is 9.67. The van der Waals surface area contributed by atoms with Gasteiger partial charge in [0.1, 0.15) is 0 Å². The van der Waals surface area contributed by atoms with Gasteiger partial charge in [-0.15, -0.1) is 0 Å². The molecule has 9 heteroatoms. The minimum absolute atomic E-state index is 0.0187. The number of carbonyl (C=O) groups excluding carboxylic acids is 2. The topological polar surface area (TPSA) is 115 Å². The van der Waals surface area contributed by atoms with Crippen LogP contribution in [-0.4, -0.2) is 48.3 Å². The van der Waals surface area contributed by atoms with Gasteiger partial charge in [0, 0.05) is 18.6 Å². The molecule has 0 radical (unpaired) electrons. The summed E-state index contributed by atoms with van der Waals surface area (Å²) in [5, 5.41) is 6.30. The van der Waals surface area contributed by atoms with Crippen molar-refractivity contribution in [1.82, 2.24) is 10.6 Å². The number of nitrogens with one attached hydrogen (secondary N) is 2. The first-order valence-electron chi connectivity index (χ1n) is 13.9. The highest BCUT2D eigenvalue weighted by molar-refractivity contribution is 6.48. The highest BCUT2D eigenvalue weighted by atomic mass is 16.7. The number of nitrogens with two attached hydrogens (primary N) is 1. The average Bonchev–Trinajstić information content (AvgIpc) is 3.24. The predicted octanol–water partition coefficient (Wildman–Crippen LogP) is 3.01. The van der Waals surface area contributed by atoms with Crippen LogP contribution in [0.5, 0.6) is 0 Å². The summed E-state index contributed by atoms with van der Waals surface area (Å²) in [6.07, 6.45) is 7.70. The summed E-state index contributed by atoms with van der Waals surface area (Å²) >= 11 is 0. The molecule has 8 nitrogen and oxygen atoms in total. The van der Waals surface area contributed by atoms with Crippen LogP contribution in [0.25, 0.3) is 0 Å². The molecule has 0 aromatic heterocycles. The van der Waals surface area contributed by atoms with Gasteiger partial charge in [0.2, 0.25) is 11.8 Å². The van der Waals surface area contributed by atoms with Gasteiger partial charge in [0.05, 0.1) is 23.6 Å². The van der Waals surface area contributed by atoms with Crippen LogP contribution in [0.1, 0.15) is 59.4 Å². The highest BCUT2D eigenvalue weighted by Gasteiger charge is 2.68. The van der Waals surface area contributed by atoms with E-state index in [2.05, 4.69) is 50.2 Å². The Hall–Kier alpha value is -2.65. The van der Waals surface area contributed by atoms with Crippen molar-refractivity contribution in [2.24, 2.45) is 39.8 Å². The lowest BCUT2D eigenvalue weighted by Crippen LogP contribution is -2.66. The Labute approximate surface area is 226 Å². The molecule has 38 heavy (non-hydrogen) atoms. The Morgan fingerprint density at radius 2 is 1.95 bits per heavy atom. The molecule has 3 aliphatic carbocycles. The second-order valence-corrected chi connectivity index (χ2v) is 12.8. The minimum Gasteiger partial charge on any atom is -0.404 e. The fourth-order valence-corrected chi connectivity index (χ4v) is 7.32. The van der Waals surface area contributed by atoms with Crippen LogP contribution in [0.15, 0.2) is 47.7 Å². The number of nitrogens with zero attached hydrogens (tertiary/aromatic N) is 1. The summed E-state index contributed by atoms with van der Waals surface area (Å²) in [6, 6.07) is 9.64. The monoisotopic (exact) mass is 520 g/mol. The van der Waals surface area contributed by atoms with Gasteiger partial charge in [0.25, 0.3) is 0 Å². The molecule has 204 valence electrons. The lowest BCUT2D eigenvalue weighted by molar-refractivity contribution is -0.199. The fourth-order valence-electron chi connectivity index (χ4n) is 7.32. The zero-order valence-corrected chi connectivity index (χ0v) is 23.1. The zero-order chi connectivity index (χ0) is 27.3. The number of hydrogen-bond acceptors (Lipinski definition) is 6. The summed E-state index contributed by atoms with van der Waals surface area (Å²) < 4.78 is 13.3. The summed E-state index contributed by atoms with van der Waals surface area (Å²) in [7, 11) is -0.554. The summed E-state index contributed by atoms with van der Waals surface area (Å²) in [5.41, 5.74) is 5.24. The Bertz CT molecular complexity index is 1120. The third kappa shape index (κ3) is 4.47. The van der Waals surface area contributed by atoms with Gasteiger partial charge in [0.15, 0.2) is 5.54 Å². The Morgan fingerprint density at radius 3 is 2.55 bits per heavy atom. The standard InChI is InChI=1S/C29H41BN4O4/c1-18(2)13-24(30-37-23-16-20-15-22(27(20,3)4)28(23,5)38-30)34-25(35)21(14-19-9-7-6-8-10-19)29(26(31)36)17-32-11-12-33-29/h6-12,17-18,20-24,33H,13-16H2,1-5H3,(H2,31,36)(H,34,35)/t20-,21+,22-,23+,24-,28-,29?/m0/s1. The van der Waals surface area contributed by atoms with Crippen LogP contribution in [0.3, 0.4) is 0 Å². The molecule has 3 saturated carbocycles. The molecule has 4 N–H and O–H groups in total. The molecular weight excluding hydrogens is 479 g/mol. The Kier molecular flexibility index (Phi) is 6.97. The number of benzene rings is 1. The molecule has 2 heterocycles. The molecule has 1 unspecified atom stereocenters. The minimum atomic E-state index is -1.46. The van der Waals surface area contributed by atoms with Gasteiger partial charge in [-0.1, -0.05) is 58.0 Å². The molecule has 7 atom stereocenters. The molecule has 2 aliphatic heterocycles. The van der Waals surface area contributed by atoms with E-state index in [4.69, 9.17) is 15.0 Å². The van der Waals surface area contributed by atoms with Gasteiger partial charge >= 0.3 is 7.12 Å². The largest absolute Gasteiger partial charge is 0.481 e. The van der Waals surface area contributed by atoms with Crippen LogP contribution >= 0.6 is 0 Å². The maximum atomic E-state index is 14.1. The number of primary amides is 1. The number of amides is 2. The van der Waals surface area contributed by atoms with E-state index in [9.17, 15) is 9.59 Å². The Balaban J connectivity index is 1.41. The summed E-state index contributed by atoms with van der Waals surface area (Å²) in [4.78, 5) is 31.2. The van der Waals surface area contributed by atoms with Crippen molar-refractivity contribution in [3.05, 3.63) is 48.3 Å². The SMILES string of the molecule is CC(C)C[C@H](NC(=O)[C@@H](Cc1ccccc1)C1(C(N)=O)C=NC=CN1)B1O[C@@H]2C[C@@H]3C[C@@H](C3(C)C)[C@]2(C)O1. The van der Waals surface area contributed by atoms with Gasteiger partial charge < -0.3 is 25.7 Å². The van der Waals surface area contributed by atoms with Crippen molar-refractivity contribution < 1.29 is 18.9 Å². The summed E-state index contributed by atoms with van der Waals surface area (Å²) in [6.45, 7) is 11.1. The van der Waals surface area contributed by atoms with E-state index in [1.165, 1.54) is 12.4 Å². The lowest BCUT2D eigenvalue weighted by atomic mass is 9.43. The number of hydrogen-bond donors (Lipinski definition) is 3. The smallest absolute Gasteiger partial charge is 0.404 e. The van der Waals surface area contributed by atoms with Crippen LogP contribution in [0.4, 0.5) is 0 Å². The first kappa shape index (κ1) is 26.9. The van der Waals surface area contributed by atoms with E-state index in [1.807, 2.05) is 30.3 Å². The van der Waals surface area contributed by atoms with Gasteiger partial charge in [-0.25, -0.2) is 0 Å². The second-order valence-electron chi connectivity index (χ2n) is 12.8. The van der Waals surface area contributed by atoms with Crippen LogP contribution in [-0.2, 0) is 25.3 Å². The van der Waals surface area contributed by atoms with Crippen LogP contribution in [0, 0.1) is 29.1 Å². The Morgan fingerprint density at radius 1 is 1.21 bits per heavy atom.